The van der Waals surface area contributed by atoms with Gasteiger partial charge in [-0.3, -0.25) is 4.79 Å². The maximum absolute atomic E-state index is 11.9. The number of carbonyl (C=O) groups is 1. The minimum Gasteiger partial charge on any atom is -0.352 e. The number of piperidine rings is 1. The summed E-state index contributed by atoms with van der Waals surface area (Å²) in [6, 6.07) is 0.380. The van der Waals surface area contributed by atoms with E-state index in [1.54, 1.807) is 0 Å². The third kappa shape index (κ3) is 4.97. The summed E-state index contributed by atoms with van der Waals surface area (Å²) >= 11 is 0. The molecule has 1 aliphatic heterocycles. The minimum atomic E-state index is 0.0578. The van der Waals surface area contributed by atoms with Gasteiger partial charge in [-0.25, -0.2) is 0 Å². The van der Waals surface area contributed by atoms with Crippen molar-refractivity contribution in [2.45, 2.75) is 70.9 Å². The van der Waals surface area contributed by atoms with Gasteiger partial charge in [-0.1, -0.05) is 32.6 Å². The van der Waals surface area contributed by atoms with Crippen molar-refractivity contribution in [2.75, 3.05) is 6.54 Å². The highest BCUT2D eigenvalue weighted by atomic mass is 16.2. The van der Waals surface area contributed by atoms with Crippen LogP contribution in [0.3, 0.4) is 0 Å². The van der Waals surface area contributed by atoms with Gasteiger partial charge < -0.3 is 10.6 Å². The van der Waals surface area contributed by atoms with E-state index >= 15 is 0 Å². The first-order chi connectivity index (χ1) is 7.74. The van der Waals surface area contributed by atoms with Gasteiger partial charge in [0.15, 0.2) is 0 Å². The fourth-order valence-electron chi connectivity index (χ4n) is 2.19. The van der Waals surface area contributed by atoms with Crippen LogP contribution in [-0.4, -0.2) is 24.5 Å². The molecule has 1 rings (SSSR count). The van der Waals surface area contributed by atoms with E-state index in [1.807, 2.05) is 0 Å². The van der Waals surface area contributed by atoms with Gasteiger partial charge >= 0.3 is 0 Å². The van der Waals surface area contributed by atoms with E-state index in [9.17, 15) is 4.79 Å². The molecule has 3 nitrogen and oxygen atoms in total. The summed E-state index contributed by atoms with van der Waals surface area (Å²) in [5.41, 5.74) is 0. The molecule has 0 bridgehead atoms. The van der Waals surface area contributed by atoms with Crippen LogP contribution in [0.15, 0.2) is 0 Å². The predicted octanol–water partition coefficient (Wildman–Crippen LogP) is 2.21. The standard InChI is InChI=1S/C13H26N2O/c1-3-4-5-8-11(2)15-13(16)12-9-6-7-10-14-12/h11-12,14H,3-10H2,1-2H3,(H,15,16)/t11?,12-/m1/s1. The van der Waals surface area contributed by atoms with Crippen molar-refractivity contribution in [1.82, 2.24) is 10.6 Å². The zero-order chi connectivity index (χ0) is 11.8. The van der Waals surface area contributed by atoms with Crippen molar-refractivity contribution in [2.24, 2.45) is 0 Å². The van der Waals surface area contributed by atoms with Crippen molar-refractivity contribution in [3.05, 3.63) is 0 Å². The number of amides is 1. The molecule has 0 saturated carbocycles. The Morgan fingerprint density at radius 2 is 2.25 bits per heavy atom. The van der Waals surface area contributed by atoms with Gasteiger partial charge in [0, 0.05) is 6.04 Å². The molecular weight excluding hydrogens is 200 g/mol. The van der Waals surface area contributed by atoms with E-state index in [1.165, 1.54) is 32.1 Å². The van der Waals surface area contributed by atoms with E-state index in [2.05, 4.69) is 24.5 Å². The first-order valence-electron chi connectivity index (χ1n) is 6.77. The zero-order valence-electron chi connectivity index (χ0n) is 10.7. The first-order valence-corrected chi connectivity index (χ1v) is 6.77. The third-order valence-electron chi connectivity index (χ3n) is 3.26. The van der Waals surface area contributed by atoms with Crippen LogP contribution >= 0.6 is 0 Å². The van der Waals surface area contributed by atoms with Gasteiger partial charge in [-0.15, -0.1) is 0 Å². The average molecular weight is 226 g/mol. The highest BCUT2D eigenvalue weighted by Gasteiger charge is 2.21. The molecule has 0 aromatic rings. The van der Waals surface area contributed by atoms with Gasteiger partial charge in [-0.2, -0.15) is 0 Å². The van der Waals surface area contributed by atoms with Crippen molar-refractivity contribution >= 4 is 5.91 Å². The van der Waals surface area contributed by atoms with Crippen molar-refractivity contribution in [1.29, 1.82) is 0 Å². The van der Waals surface area contributed by atoms with E-state index in [0.717, 1.165) is 19.4 Å². The van der Waals surface area contributed by atoms with Crippen LogP contribution in [0.5, 0.6) is 0 Å². The molecule has 2 atom stereocenters. The van der Waals surface area contributed by atoms with Gasteiger partial charge in [-0.05, 0) is 32.7 Å². The Balaban J connectivity index is 2.16. The molecule has 1 unspecified atom stereocenters. The Morgan fingerprint density at radius 3 is 2.88 bits per heavy atom. The number of hydrogen-bond donors (Lipinski definition) is 2. The largest absolute Gasteiger partial charge is 0.352 e. The summed E-state index contributed by atoms with van der Waals surface area (Å²) in [5.74, 6) is 0.198. The fraction of sp³-hybridized carbons (Fsp3) is 0.923. The fourth-order valence-corrected chi connectivity index (χ4v) is 2.19. The van der Waals surface area contributed by atoms with Crippen molar-refractivity contribution < 1.29 is 4.79 Å². The molecule has 1 saturated heterocycles. The molecule has 0 aliphatic carbocycles. The second-order valence-electron chi connectivity index (χ2n) is 4.91. The Hall–Kier alpha value is -0.570. The Morgan fingerprint density at radius 1 is 1.44 bits per heavy atom. The third-order valence-corrected chi connectivity index (χ3v) is 3.26. The molecule has 1 heterocycles. The second kappa shape index (κ2) is 7.66. The lowest BCUT2D eigenvalue weighted by Gasteiger charge is -2.24. The average Bonchev–Trinajstić information content (AvgIpc) is 2.30. The van der Waals surface area contributed by atoms with Crippen LogP contribution in [0.1, 0.15) is 58.8 Å². The Labute approximate surface area is 99.4 Å². The van der Waals surface area contributed by atoms with Gasteiger partial charge in [0.05, 0.1) is 6.04 Å². The van der Waals surface area contributed by atoms with Crippen LogP contribution in [0.25, 0.3) is 0 Å². The van der Waals surface area contributed by atoms with Gasteiger partial charge in [0.2, 0.25) is 5.91 Å². The van der Waals surface area contributed by atoms with Crippen LogP contribution < -0.4 is 10.6 Å². The summed E-state index contributed by atoms with van der Waals surface area (Å²) in [7, 11) is 0. The number of rotatable bonds is 6. The summed E-state index contributed by atoms with van der Waals surface area (Å²) in [6.45, 7) is 5.30. The molecule has 0 spiro atoms. The Bertz CT molecular complexity index is 200. The van der Waals surface area contributed by atoms with Crippen LogP contribution in [0.2, 0.25) is 0 Å². The molecule has 0 aromatic carbocycles. The first kappa shape index (κ1) is 13.5. The van der Waals surface area contributed by atoms with Crippen LogP contribution in [-0.2, 0) is 4.79 Å². The maximum Gasteiger partial charge on any atom is 0.237 e. The lowest BCUT2D eigenvalue weighted by atomic mass is 10.0. The van der Waals surface area contributed by atoms with E-state index in [4.69, 9.17) is 0 Å². The normalized spacial score (nSPS) is 22.8. The highest BCUT2D eigenvalue weighted by Crippen LogP contribution is 2.08. The lowest BCUT2D eigenvalue weighted by molar-refractivity contribution is -0.124. The maximum atomic E-state index is 11.9. The number of unbranched alkanes of at least 4 members (excludes halogenated alkanes) is 2. The van der Waals surface area contributed by atoms with Crippen molar-refractivity contribution in [3.8, 4) is 0 Å². The topological polar surface area (TPSA) is 41.1 Å². The Kier molecular flexibility index (Phi) is 6.46. The van der Waals surface area contributed by atoms with E-state index in [-0.39, 0.29) is 11.9 Å². The molecule has 16 heavy (non-hydrogen) atoms. The quantitative estimate of drug-likeness (QED) is 0.682. The van der Waals surface area contributed by atoms with E-state index in [0.29, 0.717) is 6.04 Å². The number of hydrogen-bond acceptors (Lipinski definition) is 2. The molecular formula is C13H26N2O. The second-order valence-corrected chi connectivity index (χ2v) is 4.91. The molecule has 1 aliphatic rings. The summed E-state index contributed by atoms with van der Waals surface area (Å²) in [6.07, 6.45) is 8.20. The molecule has 2 N–H and O–H groups in total. The monoisotopic (exact) mass is 226 g/mol. The zero-order valence-corrected chi connectivity index (χ0v) is 10.7. The summed E-state index contributed by atoms with van der Waals surface area (Å²) in [5, 5.41) is 6.39. The molecule has 3 heteroatoms. The molecule has 0 radical (unpaired) electrons. The molecule has 1 amide bonds. The minimum absolute atomic E-state index is 0.0578. The van der Waals surface area contributed by atoms with Gasteiger partial charge in [0.1, 0.15) is 0 Å². The van der Waals surface area contributed by atoms with Crippen molar-refractivity contribution in [3.63, 3.8) is 0 Å². The SMILES string of the molecule is CCCCCC(C)NC(=O)[C@H]1CCCCN1. The summed E-state index contributed by atoms with van der Waals surface area (Å²) in [4.78, 5) is 11.9. The van der Waals surface area contributed by atoms with Crippen LogP contribution in [0, 0.1) is 0 Å². The number of nitrogens with one attached hydrogen (secondary N) is 2. The lowest BCUT2D eigenvalue weighted by Crippen LogP contribution is -2.48. The molecule has 94 valence electrons. The highest BCUT2D eigenvalue weighted by molar-refractivity contribution is 5.82. The van der Waals surface area contributed by atoms with Crippen LogP contribution in [0.4, 0.5) is 0 Å². The molecule has 1 fully saturated rings. The molecule has 0 aromatic heterocycles. The smallest absolute Gasteiger partial charge is 0.237 e. The number of carbonyl (C=O) groups excluding carboxylic acids is 1. The predicted molar refractivity (Wildman–Crippen MR) is 67.4 cm³/mol. The van der Waals surface area contributed by atoms with Gasteiger partial charge in [0.25, 0.3) is 0 Å². The summed E-state index contributed by atoms with van der Waals surface area (Å²) < 4.78 is 0. The van der Waals surface area contributed by atoms with E-state index < -0.39 is 0 Å².